The zero-order valence-corrected chi connectivity index (χ0v) is 21.0. The third-order valence-electron chi connectivity index (χ3n) is 6.83. The Balaban J connectivity index is 1.46. The van der Waals surface area contributed by atoms with Gasteiger partial charge in [-0.3, -0.25) is 4.79 Å². The molecule has 3 aromatic rings. The molecule has 222 valence electrons. The quantitative estimate of drug-likeness (QED) is 0.156. The lowest BCUT2D eigenvalue weighted by Crippen LogP contribution is -2.61. The molecule has 0 unspecified atom stereocenters. The van der Waals surface area contributed by atoms with Crippen LogP contribution in [0.25, 0.3) is 22.3 Å². The van der Waals surface area contributed by atoms with Gasteiger partial charge in [0.15, 0.2) is 12.1 Å². The van der Waals surface area contributed by atoms with Gasteiger partial charge in [0, 0.05) is 17.7 Å². The second-order valence-corrected chi connectivity index (χ2v) is 9.69. The molecular weight excluding hydrogens is 552 g/mol. The van der Waals surface area contributed by atoms with Crippen LogP contribution < -0.4 is 10.2 Å². The summed E-state index contributed by atoms with van der Waals surface area (Å²) in [6.45, 7) is -0.918. The van der Waals surface area contributed by atoms with Crippen molar-refractivity contribution in [1.82, 2.24) is 0 Å². The minimum atomic E-state index is -1.91. The van der Waals surface area contributed by atoms with Gasteiger partial charge in [0.05, 0.1) is 13.2 Å². The highest BCUT2D eigenvalue weighted by Crippen LogP contribution is 2.37. The molecule has 15 heteroatoms. The molecule has 2 aromatic carbocycles. The second-order valence-electron chi connectivity index (χ2n) is 9.69. The van der Waals surface area contributed by atoms with E-state index >= 15 is 0 Å². The van der Waals surface area contributed by atoms with Crippen LogP contribution >= 0.6 is 0 Å². The maximum Gasteiger partial charge on any atom is 0.239 e. The molecule has 5 rings (SSSR count). The molecule has 1 aromatic heterocycles. The van der Waals surface area contributed by atoms with Crippen molar-refractivity contribution in [3.05, 3.63) is 46.6 Å². The number of aliphatic hydroxyl groups is 6. The summed E-state index contributed by atoms with van der Waals surface area (Å²) >= 11 is 0. The van der Waals surface area contributed by atoms with Crippen LogP contribution in [-0.4, -0.2) is 114 Å². The van der Waals surface area contributed by atoms with E-state index in [9.17, 15) is 50.8 Å². The number of hydrogen-bond acceptors (Lipinski definition) is 15. The normalized spacial score (nSPS) is 32.2. The standard InChI is InChI=1S/C26H28O15/c27-10-3-1-9(2-4-10)23-24(19(33)16-12(29)5-11(28)6-14(16)39-23)41-26-22(36)20(34)18(32)15(40-26)8-38-25-21(35)17(31)13(30)7-37-25/h1-6,13,15,17-18,20-22,25-32,34-36H,7-8H2/t13-,15+,17-,18+,20-,21+,22+,25+,26+/m0/s1. The molecule has 0 saturated carbocycles. The zero-order valence-electron chi connectivity index (χ0n) is 21.0. The van der Waals surface area contributed by atoms with Gasteiger partial charge in [-0.05, 0) is 24.3 Å². The van der Waals surface area contributed by atoms with Crippen LogP contribution in [0.5, 0.6) is 23.0 Å². The molecule has 9 N–H and O–H groups in total. The van der Waals surface area contributed by atoms with Crippen molar-refractivity contribution in [2.24, 2.45) is 0 Å². The zero-order chi connectivity index (χ0) is 29.6. The van der Waals surface area contributed by atoms with Gasteiger partial charge in [-0.15, -0.1) is 0 Å². The lowest BCUT2D eigenvalue weighted by atomic mass is 9.99. The van der Waals surface area contributed by atoms with Crippen LogP contribution in [0.15, 0.2) is 45.6 Å². The smallest absolute Gasteiger partial charge is 0.239 e. The Hall–Kier alpha value is -3.51. The Morgan fingerprint density at radius 3 is 2.20 bits per heavy atom. The van der Waals surface area contributed by atoms with E-state index in [1.54, 1.807) is 0 Å². The molecule has 41 heavy (non-hydrogen) atoms. The minimum absolute atomic E-state index is 0.102. The predicted molar refractivity (Wildman–Crippen MR) is 134 cm³/mol. The summed E-state index contributed by atoms with van der Waals surface area (Å²) in [6.07, 6.45) is -14.8. The molecule has 15 nitrogen and oxygen atoms in total. The van der Waals surface area contributed by atoms with Gasteiger partial charge in [0.25, 0.3) is 0 Å². The first kappa shape index (κ1) is 29.0. The highest BCUT2D eigenvalue weighted by Gasteiger charge is 2.47. The lowest BCUT2D eigenvalue weighted by molar-refractivity contribution is -0.307. The number of hydrogen-bond donors (Lipinski definition) is 9. The number of benzene rings is 2. The van der Waals surface area contributed by atoms with Crippen molar-refractivity contribution in [2.75, 3.05) is 13.2 Å². The highest BCUT2D eigenvalue weighted by atomic mass is 16.7. The van der Waals surface area contributed by atoms with Crippen molar-refractivity contribution in [3.63, 3.8) is 0 Å². The Morgan fingerprint density at radius 1 is 0.805 bits per heavy atom. The summed E-state index contributed by atoms with van der Waals surface area (Å²) in [4.78, 5) is 13.5. The average Bonchev–Trinajstić information content (AvgIpc) is 2.93. The SMILES string of the molecule is O=c1c(O[C@H]2O[C@H](CO[C@H]3OC[C@H](O)[C@H](O)[C@H]3O)[C@@H](O)[C@H](O)[C@H]2O)c(-c2ccc(O)cc2)oc2cc(O)cc(O)c12. The first-order valence-electron chi connectivity index (χ1n) is 12.4. The summed E-state index contributed by atoms with van der Waals surface area (Å²) in [5, 5.41) is 90.6. The van der Waals surface area contributed by atoms with Gasteiger partial charge in [-0.1, -0.05) is 0 Å². The molecular formula is C26H28O15. The summed E-state index contributed by atoms with van der Waals surface area (Å²) < 4.78 is 27.6. The molecule has 9 atom stereocenters. The second kappa shape index (κ2) is 11.4. The summed E-state index contributed by atoms with van der Waals surface area (Å²) in [6, 6.07) is 7.33. The fourth-order valence-corrected chi connectivity index (χ4v) is 4.56. The predicted octanol–water partition coefficient (Wildman–Crippen LogP) is -1.78. The van der Waals surface area contributed by atoms with Crippen molar-refractivity contribution < 1.29 is 69.3 Å². The third kappa shape index (κ3) is 5.54. The number of phenols is 3. The van der Waals surface area contributed by atoms with E-state index in [0.29, 0.717) is 0 Å². The van der Waals surface area contributed by atoms with Crippen LogP contribution in [0.3, 0.4) is 0 Å². The molecule has 2 saturated heterocycles. The van der Waals surface area contributed by atoms with Crippen LogP contribution in [0, 0.1) is 0 Å². The molecule has 2 aliphatic rings. The number of ether oxygens (including phenoxy) is 4. The first-order chi connectivity index (χ1) is 19.5. The molecule has 3 heterocycles. The maximum atomic E-state index is 13.5. The number of fused-ring (bicyclic) bond motifs is 1. The van der Waals surface area contributed by atoms with Gasteiger partial charge in [-0.2, -0.15) is 0 Å². The Kier molecular flexibility index (Phi) is 8.06. The lowest BCUT2D eigenvalue weighted by Gasteiger charge is -2.41. The number of phenolic OH excluding ortho intramolecular Hbond substituents is 3. The first-order valence-corrected chi connectivity index (χ1v) is 12.4. The fourth-order valence-electron chi connectivity index (χ4n) is 4.56. The minimum Gasteiger partial charge on any atom is -0.508 e. The fraction of sp³-hybridized carbons (Fsp3) is 0.423. The van der Waals surface area contributed by atoms with Crippen molar-refractivity contribution in [1.29, 1.82) is 0 Å². The van der Waals surface area contributed by atoms with E-state index in [-0.39, 0.29) is 34.6 Å². The molecule has 0 bridgehead atoms. The van der Waals surface area contributed by atoms with Crippen LogP contribution in [-0.2, 0) is 14.2 Å². The third-order valence-corrected chi connectivity index (χ3v) is 6.83. The summed E-state index contributed by atoms with van der Waals surface area (Å²) in [7, 11) is 0. The van der Waals surface area contributed by atoms with Crippen molar-refractivity contribution in [3.8, 4) is 34.3 Å². The van der Waals surface area contributed by atoms with Crippen molar-refractivity contribution >= 4 is 11.0 Å². The molecule has 0 amide bonds. The van der Waals surface area contributed by atoms with Crippen molar-refractivity contribution in [2.45, 2.75) is 55.3 Å². The molecule has 2 aliphatic heterocycles. The largest absolute Gasteiger partial charge is 0.508 e. The summed E-state index contributed by atoms with van der Waals surface area (Å²) in [5.74, 6) is -1.97. The Bertz CT molecular complexity index is 1440. The molecule has 2 fully saturated rings. The van der Waals surface area contributed by atoms with E-state index in [1.807, 2.05) is 0 Å². The Morgan fingerprint density at radius 2 is 1.49 bits per heavy atom. The van der Waals surface area contributed by atoms with Gasteiger partial charge in [0.2, 0.25) is 17.5 Å². The van der Waals surface area contributed by atoms with Gasteiger partial charge in [0.1, 0.15) is 70.9 Å². The number of aromatic hydroxyl groups is 3. The van der Waals surface area contributed by atoms with E-state index < -0.39 is 84.6 Å². The van der Waals surface area contributed by atoms with Gasteiger partial charge >= 0.3 is 0 Å². The van der Waals surface area contributed by atoms with E-state index in [0.717, 1.165) is 12.1 Å². The van der Waals surface area contributed by atoms with E-state index in [4.69, 9.17) is 23.4 Å². The van der Waals surface area contributed by atoms with E-state index in [1.165, 1.54) is 24.3 Å². The Labute approximate surface area is 230 Å². The summed E-state index contributed by atoms with van der Waals surface area (Å²) in [5.41, 5.74) is -0.954. The van der Waals surface area contributed by atoms with Crippen LogP contribution in [0.2, 0.25) is 0 Å². The molecule has 0 aliphatic carbocycles. The van der Waals surface area contributed by atoms with Gasteiger partial charge in [-0.25, -0.2) is 0 Å². The molecule has 0 spiro atoms. The number of aliphatic hydroxyl groups excluding tert-OH is 6. The highest BCUT2D eigenvalue weighted by molar-refractivity contribution is 5.88. The topological polar surface area (TPSA) is 249 Å². The van der Waals surface area contributed by atoms with E-state index in [2.05, 4.69) is 0 Å². The van der Waals surface area contributed by atoms with Crippen LogP contribution in [0.4, 0.5) is 0 Å². The van der Waals surface area contributed by atoms with Gasteiger partial charge < -0.3 is 69.3 Å². The molecule has 0 radical (unpaired) electrons. The average molecular weight is 580 g/mol. The number of rotatable bonds is 6. The van der Waals surface area contributed by atoms with Crippen LogP contribution in [0.1, 0.15) is 0 Å². The monoisotopic (exact) mass is 580 g/mol. The maximum absolute atomic E-state index is 13.5.